The maximum atomic E-state index is 13.7. The molecule has 0 saturated carbocycles. The van der Waals surface area contributed by atoms with Crippen LogP contribution in [-0.2, 0) is 18.6 Å². The Morgan fingerprint density at radius 3 is 2.50 bits per heavy atom. The Bertz CT molecular complexity index is 1620. The summed E-state index contributed by atoms with van der Waals surface area (Å²) in [5.41, 5.74) is 1.61. The van der Waals surface area contributed by atoms with Crippen LogP contribution in [0.1, 0.15) is 56.4 Å². The first kappa shape index (κ1) is 27.1. The second kappa shape index (κ2) is 11.4. The van der Waals surface area contributed by atoms with Gasteiger partial charge < -0.3 is 18.9 Å². The van der Waals surface area contributed by atoms with Gasteiger partial charge in [-0.2, -0.15) is 0 Å². The van der Waals surface area contributed by atoms with Crippen molar-refractivity contribution in [3.63, 3.8) is 0 Å². The summed E-state index contributed by atoms with van der Waals surface area (Å²) in [6.07, 6.45) is 1.65. The zero-order valence-corrected chi connectivity index (χ0v) is 23.4. The normalized spacial score (nSPS) is 12.7. The van der Waals surface area contributed by atoms with Gasteiger partial charge in [-0.3, -0.25) is 9.69 Å². The molecule has 0 spiro atoms. The van der Waals surface area contributed by atoms with Crippen molar-refractivity contribution in [2.75, 3.05) is 13.7 Å². The van der Waals surface area contributed by atoms with Crippen LogP contribution in [0, 0.1) is 0 Å². The zero-order valence-electron chi connectivity index (χ0n) is 23.4. The Morgan fingerprint density at radius 1 is 1.05 bits per heavy atom. The number of benzene rings is 2. The molecule has 3 heterocycles. The van der Waals surface area contributed by atoms with Gasteiger partial charge in [0.05, 0.1) is 32.1 Å². The van der Waals surface area contributed by atoms with E-state index in [9.17, 15) is 4.79 Å². The molecule has 1 unspecified atom stereocenters. The minimum atomic E-state index is -0.606. The predicted molar refractivity (Wildman–Crippen MR) is 151 cm³/mol. The Hall–Kier alpha value is -4.44. The number of nitrogens with one attached hydrogen (secondary N) is 1. The largest absolute Gasteiger partial charge is 0.497 e. The van der Waals surface area contributed by atoms with E-state index in [0.29, 0.717) is 42.4 Å². The lowest BCUT2D eigenvalue weighted by Crippen LogP contribution is -2.37. The van der Waals surface area contributed by atoms with E-state index in [1.165, 1.54) is 0 Å². The third-order valence-corrected chi connectivity index (χ3v) is 6.67. The van der Waals surface area contributed by atoms with E-state index in [-0.39, 0.29) is 5.56 Å². The molecule has 5 rings (SSSR count). The number of rotatable bonds is 10. The van der Waals surface area contributed by atoms with Gasteiger partial charge in [0.1, 0.15) is 23.3 Å². The van der Waals surface area contributed by atoms with Crippen LogP contribution in [0.3, 0.4) is 0 Å². The smallest absolute Gasteiger partial charge is 0.253 e. The fourth-order valence-electron chi connectivity index (χ4n) is 4.81. The van der Waals surface area contributed by atoms with Gasteiger partial charge >= 0.3 is 0 Å². The van der Waals surface area contributed by atoms with Gasteiger partial charge in [0, 0.05) is 23.0 Å². The fourth-order valence-corrected chi connectivity index (χ4v) is 4.81. The number of fused-ring (bicyclic) bond motifs is 1. The van der Waals surface area contributed by atoms with E-state index in [4.69, 9.17) is 13.9 Å². The molecule has 0 amide bonds. The van der Waals surface area contributed by atoms with Crippen molar-refractivity contribution >= 4 is 10.9 Å². The van der Waals surface area contributed by atoms with Crippen molar-refractivity contribution in [1.29, 1.82) is 0 Å². The molecular weight excluding hydrogens is 508 g/mol. The van der Waals surface area contributed by atoms with Gasteiger partial charge in [-0.25, -0.2) is 4.68 Å². The molecule has 0 bridgehead atoms. The van der Waals surface area contributed by atoms with Crippen LogP contribution in [0.25, 0.3) is 10.9 Å². The van der Waals surface area contributed by atoms with Crippen LogP contribution >= 0.6 is 0 Å². The number of hydrogen-bond donors (Lipinski definition) is 1. The molecule has 40 heavy (non-hydrogen) atoms. The lowest BCUT2D eigenvalue weighted by molar-refractivity contribution is 0.171. The lowest BCUT2D eigenvalue weighted by atomic mass is 10.0. The number of furan rings is 1. The minimum absolute atomic E-state index is 0.220. The molecule has 3 aromatic heterocycles. The number of methoxy groups -OCH3 is 1. The number of tetrazole rings is 1. The molecule has 0 aliphatic rings. The molecule has 10 nitrogen and oxygen atoms in total. The van der Waals surface area contributed by atoms with Gasteiger partial charge in [0.25, 0.3) is 5.56 Å². The first-order valence-corrected chi connectivity index (χ1v) is 13.2. The zero-order chi connectivity index (χ0) is 28.3. The fraction of sp³-hybridized carbons (Fsp3) is 0.333. The first-order chi connectivity index (χ1) is 19.3. The second-order valence-corrected chi connectivity index (χ2v) is 10.6. The van der Waals surface area contributed by atoms with Crippen molar-refractivity contribution in [3.05, 3.63) is 100.0 Å². The Balaban J connectivity index is 1.69. The number of aromatic nitrogens is 5. The van der Waals surface area contributed by atoms with E-state index >= 15 is 0 Å². The number of hydrogen-bond acceptors (Lipinski definition) is 8. The van der Waals surface area contributed by atoms with Gasteiger partial charge in [0.2, 0.25) is 0 Å². The molecule has 0 aliphatic carbocycles. The summed E-state index contributed by atoms with van der Waals surface area (Å²) in [5, 5.41) is 13.7. The molecular formula is C30H34N6O4. The van der Waals surface area contributed by atoms with Gasteiger partial charge in [0.15, 0.2) is 5.82 Å². The van der Waals surface area contributed by atoms with Crippen LogP contribution in [0.4, 0.5) is 0 Å². The van der Waals surface area contributed by atoms with Crippen molar-refractivity contribution in [2.24, 2.45) is 0 Å². The number of H-pyrrole nitrogens is 1. The maximum absolute atomic E-state index is 13.7. The van der Waals surface area contributed by atoms with E-state index < -0.39 is 11.6 Å². The maximum Gasteiger partial charge on any atom is 0.253 e. The lowest BCUT2D eigenvalue weighted by Gasteiger charge is -2.32. The Morgan fingerprint density at radius 2 is 1.82 bits per heavy atom. The highest BCUT2D eigenvalue weighted by Crippen LogP contribution is 2.33. The van der Waals surface area contributed by atoms with Gasteiger partial charge in [-0.05, 0) is 92.2 Å². The summed E-state index contributed by atoms with van der Waals surface area (Å²) >= 11 is 0. The molecule has 10 heteroatoms. The molecule has 1 N–H and O–H groups in total. The summed E-state index contributed by atoms with van der Waals surface area (Å²) in [7, 11) is 1.62. The Kier molecular flexibility index (Phi) is 7.70. The number of ether oxygens (including phenoxy) is 2. The van der Waals surface area contributed by atoms with E-state index in [2.05, 4.69) is 25.4 Å². The van der Waals surface area contributed by atoms with Gasteiger partial charge in [-0.1, -0.05) is 12.1 Å². The first-order valence-electron chi connectivity index (χ1n) is 13.2. The summed E-state index contributed by atoms with van der Waals surface area (Å²) in [6.45, 7) is 9.55. The quantitative estimate of drug-likeness (QED) is 0.261. The van der Waals surface area contributed by atoms with Crippen LogP contribution < -0.4 is 15.0 Å². The standard InChI is InChI=1S/C30H34N6O4/c1-6-39-22-11-9-20(10-12-22)18-35(19-24-8-7-15-40-24)27(28-32-33-34-36(28)30(2,3)4)25-17-21-16-23(38-5)13-14-26(21)31-29(25)37/h7-17,27H,6,18-19H2,1-5H3,(H,31,37). The summed E-state index contributed by atoms with van der Waals surface area (Å²) in [5.74, 6) is 2.81. The van der Waals surface area contributed by atoms with Crippen molar-refractivity contribution in [3.8, 4) is 11.5 Å². The highest BCUT2D eigenvalue weighted by molar-refractivity contribution is 5.80. The van der Waals surface area contributed by atoms with E-state index in [1.54, 1.807) is 18.1 Å². The Labute approximate surface area is 232 Å². The third kappa shape index (κ3) is 5.76. The van der Waals surface area contributed by atoms with Crippen LogP contribution in [0.15, 0.2) is 76.1 Å². The second-order valence-electron chi connectivity index (χ2n) is 10.6. The molecule has 0 saturated heterocycles. The van der Waals surface area contributed by atoms with Crippen LogP contribution in [0.2, 0.25) is 0 Å². The number of nitrogens with zero attached hydrogens (tertiary/aromatic N) is 5. The predicted octanol–water partition coefficient (Wildman–Crippen LogP) is 5.06. The topological polar surface area (TPSA) is 111 Å². The van der Waals surface area contributed by atoms with Crippen molar-refractivity contribution < 1.29 is 13.9 Å². The highest BCUT2D eigenvalue weighted by Gasteiger charge is 2.34. The molecule has 208 valence electrons. The average molecular weight is 543 g/mol. The molecule has 1 atom stereocenters. The SMILES string of the molecule is CCOc1ccc(CN(Cc2ccco2)C(c2cc3cc(OC)ccc3[nH]c2=O)c2nnnn2C(C)(C)C)cc1. The summed E-state index contributed by atoms with van der Waals surface area (Å²) in [6, 6.07) is 18.6. The number of pyridine rings is 1. The average Bonchev–Trinajstić information content (AvgIpc) is 3.63. The summed E-state index contributed by atoms with van der Waals surface area (Å²) < 4.78 is 18.6. The van der Waals surface area contributed by atoms with E-state index in [0.717, 1.165) is 22.5 Å². The van der Waals surface area contributed by atoms with E-state index in [1.807, 2.05) is 88.4 Å². The van der Waals surface area contributed by atoms with Gasteiger partial charge in [-0.15, -0.1) is 5.10 Å². The van der Waals surface area contributed by atoms with Crippen molar-refractivity contribution in [1.82, 2.24) is 30.1 Å². The molecule has 0 aliphatic heterocycles. The molecule has 5 aromatic rings. The minimum Gasteiger partial charge on any atom is -0.497 e. The molecule has 0 radical (unpaired) electrons. The third-order valence-electron chi connectivity index (χ3n) is 6.67. The molecule has 0 fully saturated rings. The van der Waals surface area contributed by atoms with Crippen molar-refractivity contribution in [2.45, 2.75) is 52.4 Å². The highest BCUT2D eigenvalue weighted by atomic mass is 16.5. The summed E-state index contributed by atoms with van der Waals surface area (Å²) in [4.78, 5) is 18.9. The monoisotopic (exact) mass is 542 g/mol. The number of aromatic amines is 1. The molecule has 2 aromatic carbocycles. The van der Waals surface area contributed by atoms with Crippen LogP contribution in [-0.4, -0.2) is 43.8 Å². The van der Waals surface area contributed by atoms with Crippen LogP contribution in [0.5, 0.6) is 11.5 Å².